The van der Waals surface area contributed by atoms with Gasteiger partial charge < -0.3 is 13.9 Å². The molecule has 0 saturated carbocycles. The molecule has 25 heavy (non-hydrogen) atoms. The molecule has 0 radical (unpaired) electrons. The van der Waals surface area contributed by atoms with Gasteiger partial charge in [-0.2, -0.15) is 0 Å². The van der Waals surface area contributed by atoms with Crippen LogP contribution in [0.5, 0.6) is 11.5 Å². The van der Waals surface area contributed by atoms with Crippen molar-refractivity contribution in [2.45, 2.75) is 24.8 Å². The highest BCUT2D eigenvalue weighted by Crippen LogP contribution is 2.31. The van der Waals surface area contributed by atoms with Gasteiger partial charge >= 0.3 is 0 Å². The molecular weight excluding hydrogens is 336 g/mol. The van der Waals surface area contributed by atoms with Gasteiger partial charge in [0, 0.05) is 17.4 Å². The minimum Gasteiger partial charge on any atom is -0.497 e. The number of benzene rings is 2. The van der Waals surface area contributed by atoms with Crippen LogP contribution in [0.2, 0.25) is 0 Å². The summed E-state index contributed by atoms with van der Waals surface area (Å²) in [5, 5.41) is 8.82. The summed E-state index contributed by atoms with van der Waals surface area (Å²) < 4.78 is 16.4. The van der Waals surface area contributed by atoms with Crippen LogP contribution in [0.3, 0.4) is 0 Å². The molecule has 5 nitrogen and oxygen atoms in total. The summed E-state index contributed by atoms with van der Waals surface area (Å²) in [6, 6.07) is 11.9. The van der Waals surface area contributed by atoms with Crippen LogP contribution in [-0.2, 0) is 5.75 Å². The highest BCUT2D eigenvalue weighted by Gasteiger charge is 2.12. The largest absolute Gasteiger partial charge is 0.497 e. The fourth-order valence-electron chi connectivity index (χ4n) is 2.41. The van der Waals surface area contributed by atoms with Crippen molar-refractivity contribution >= 4 is 11.8 Å². The molecule has 0 amide bonds. The van der Waals surface area contributed by atoms with Crippen molar-refractivity contribution in [1.29, 1.82) is 0 Å². The number of ether oxygens (including phenoxy) is 2. The zero-order valence-corrected chi connectivity index (χ0v) is 15.5. The van der Waals surface area contributed by atoms with Crippen LogP contribution >= 0.6 is 11.8 Å². The Morgan fingerprint density at radius 2 is 1.68 bits per heavy atom. The van der Waals surface area contributed by atoms with Crippen molar-refractivity contribution in [3.05, 3.63) is 53.1 Å². The zero-order valence-electron chi connectivity index (χ0n) is 14.7. The third kappa shape index (κ3) is 4.14. The Labute approximate surface area is 151 Å². The molecular formula is C19H20N2O3S. The van der Waals surface area contributed by atoms with Gasteiger partial charge in [0.15, 0.2) is 0 Å². The van der Waals surface area contributed by atoms with E-state index in [4.69, 9.17) is 13.9 Å². The van der Waals surface area contributed by atoms with E-state index >= 15 is 0 Å². The van der Waals surface area contributed by atoms with E-state index in [2.05, 4.69) is 42.2 Å². The smallest absolute Gasteiger partial charge is 0.277 e. The standard InChI is InChI=1S/C19H20N2O3S/c1-12-5-6-13(2)15(7-12)11-25-19-21-20-18(24-19)14-8-16(22-3)10-17(9-14)23-4/h5-10H,11H2,1-4H3. The zero-order chi connectivity index (χ0) is 17.8. The van der Waals surface area contributed by atoms with Gasteiger partial charge in [0.05, 0.1) is 14.2 Å². The van der Waals surface area contributed by atoms with Gasteiger partial charge in [-0.05, 0) is 37.1 Å². The number of methoxy groups -OCH3 is 2. The second-order valence-electron chi connectivity index (χ2n) is 5.69. The molecule has 0 atom stereocenters. The number of hydrogen-bond acceptors (Lipinski definition) is 6. The molecule has 0 unspecified atom stereocenters. The second kappa shape index (κ2) is 7.61. The Morgan fingerprint density at radius 1 is 0.960 bits per heavy atom. The predicted octanol–water partition coefficient (Wildman–Crippen LogP) is 4.66. The summed E-state index contributed by atoms with van der Waals surface area (Å²) in [7, 11) is 3.22. The molecule has 0 aliphatic carbocycles. The molecule has 130 valence electrons. The van der Waals surface area contributed by atoms with Gasteiger partial charge in [-0.15, -0.1) is 10.2 Å². The van der Waals surface area contributed by atoms with Crippen molar-refractivity contribution < 1.29 is 13.9 Å². The molecule has 0 fully saturated rings. The minimum absolute atomic E-state index is 0.445. The third-order valence-electron chi connectivity index (χ3n) is 3.86. The lowest BCUT2D eigenvalue weighted by Gasteiger charge is -2.06. The fraction of sp³-hybridized carbons (Fsp3) is 0.263. The van der Waals surface area contributed by atoms with Crippen LogP contribution in [-0.4, -0.2) is 24.4 Å². The van der Waals surface area contributed by atoms with E-state index in [9.17, 15) is 0 Å². The molecule has 3 rings (SSSR count). The predicted molar refractivity (Wildman–Crippen MR) is 98.3 cm³/mol. The van der Waals surface area contributed by atoms with Gasteiger partial charge in [0.1, 0.15) is 11.5 Å². The summed E-state index contributed by atoms with van der Waals surface area (Å²) >= 11 is 1.53. The Bertz CT molecular complexity index is 855. The molecule has 1 heterocycles. The molecule has 3 aromatic rings. The normalized spacial score (nSPS) is 10.7. The average Bonchev–Trinajstić information content (AvgIpc) is 3.11. The summed E-state index contributed by atoms with van der Waals surface area (Å²) in [5.74, 6) is 2.59. The molecule has 0 saturated heterocycles. The second-order valence-corrected chi connectivity index (χ2v) is 6.62. The molecule has 0 spiro atoms. The van der Waals surface area contributed by atoms with Crippen LogP contribution in [0.15, 0.2) is 46.0 Å². The van der Waals surface area contributed by atoms with Gasteiger partial charge in [-0.25, -0.2) is 0 Å². The van der Waals surface area contributed by atoms with Crippen molar-refractivity contribution in [2.24, 2.45) is 0 Å². The van der Waals surface area contributed by atoms with Gasteiger partial charge in [0.2, 0.25) is 5.89 Å². The van der Waals surface area contributed by atoms with E-state index in [1.807, 2.05) is 12.1 Å². The Hall–Kier alpha value is -2.47. The highest BCUT2D eigenvalue weighted by molar-refractivity contribution is 7.98. The van der Waals surface area contributed by atoms with E-state index in [1.54, 1.807) is 20.3 Å². The maximum Gasteiger partial charge on any atom is 0.277 e. The average molecular weight is 356 g/mol. The number of rotatable bonds is 6. The fourth-order valence-corrected chi connectivity index (χ4v) is 3.24. The van der Waals surface area contributed by atoms with Crippen molar-refractivity contribution in [2.75, 3.05) is 14.2 Å². The Kier molecular flexibility index (Phi) is 5.28. The first-order valence-electron chi connectivity index (χ1n) is 7.85. The Morgan fingerprint density at radius 3 is 2.36 bits per heavy atom. The molecule has 1 aromatic heterocycles. The van der Waals surface area contributed by atoms with Crippen molar-refractivity contribution in [1.82, 2.24) is 10.2 Å². The molecule has 0 bridgehead atoms. The quantitative estimate of drug-likeness (QED) is 0.599. The van der Waals surface area contributed by atoms with Crippen LogP contribution in [0.1, 0.15) is 16.7 Å². The van der Waals surface area contributed by atoms with E-state index in [0.717, 1.165) is 11.3 Å². The van der Waals surface area contributed by atoms with Gasteiger partial charge in [0.25, 0.3) is 5.22 Å². The molecule has 6 heteroatoms. The maximum absolute atomic E-state index is 5.79. The monoisotopic (exact) mass is 356 g/mol. The van der Waals surface area contributed by atoms with Crippen LogP contribution in [0, 0.1) is 13.8 Å². The van der Waals surface area contributed by atoms with Gasteiger partial charge in [-0.1, -0.05) is 35.5 Å². The van der Waals surface area contributed by atoms with Crippen molar-refractivity contribution in [3.8, 4) is 23.0 Å². The Balaban J connectivity index is 1.77. The number of thioether (sulfide) groups is 1. The van der Waals surface area contributed by atoms with Crippen LogP contribution in [0.4, 0.5) is 0 Å². The third-order valence-corrected chi connectivity index (χ3v) is 4.73. The van der Waals surface area contributed by atoms with Crippen molar-refractivity contribution in [3.63, 3.8) is 0 Å². The van der Waals surface area contributed by atoms with Crippen LogP contribution < -0.4 is 9.47 Å². The lowest BCUT2D eigenvalue weighted by atomic mass is 10.1. The number of hydrogen-bond donors (Lipinski definition) is 0. The maximum atomic E-state index is 5.79. The minimum atomic E-state index is 0.445. The number of aryl methyl sites for hydroxylation is 2. The first kappa shape index (κ1) is 17.4. The number of aromatic nitrogens is 2. The van der Waals surface area contributed by atoms with E-state index in [-0.39, 0.29) is 0 Å². The summed E-state index contributed by atoms with van der Waals surface area (Å²) in [4.78, 5) is 0. The van der Waals surface area contributed by atoms with E-state index in [1.165, 1.54) is 28.5 Å². The first-order chi connectivity index (χ1) is 12.1. The molecule has 0 N–H and O–H groups in total. The summed E-state index contributed by atoms with van der Waals surface area (Å²) in [5.41, 5.74) is 4.54. The number of nitrogens with zero attached hydrogens (tertiary/aromatic N) is 2. The van der Waals surface area contributed by atoms with E-state index in [0.29, 0.717) is 22.6 Å². The highest BCUT2D eigenvalue weighted by atomic mass is 32.2. The summed E-state index contributed by atoms with van der Waals surface area (Å²) in [6.45, 7) is 4.20. The lowest BCUT2D eigenvalue weighted by molar-refractivity contribution is 0.394. The SMILES string of the molecule is COc1cc(OC)cc(-c2nnc(SCc3cc(C)ccc3C)o2)c1. The lowest BCUT2D eigenvalue weighted by Crippen LogP contribution is -1.88. The summed E-state index contributed by atoms with van der Waals surface area (Å²) in [6.07, 6.45) is 0. The topological polar surface area (TPSA) is 57.4 Å². The molecule has 0 aliphatic rings. The van der Waals surface area contributed by atoms with E-state index < -0.39 is 0 Å². The molecule has 0 aliphatic heterocycles. The van der Waals surface area contributed by atoms with Gasteiger partial charge in [-0.3, -0.25) is 0 Å². The van der Waals surface area contributed by atoms with Crippen LogP contribution in [0.25, 0.3) is 11.5 Å². The molecule has 2 aromatic carbocycles. The first-order valence-corrected chi connectivity index (χ1v) is 8.83.